The van der Waals surface area contributed by atoms with Gasteiger partial charge in [0.1, 0.15) is 0 Å². The molecule has 2 fully saturated rings. The Hall–Kier alpha value is -3.29. The Kier molecular flexibility index (Phi) is 7.64. The van der Waals surface area contributed by atoms with Crippen molar-refractivity contribution >= 4 is 29.2 Å². The van der Waals surface area contributed by atoms with Crippen molar-refractivity contribution < 1.29 is 40.7 Å². The van der Waals surface area contributed by atoms with E-state index < -0.39 is 29.9 Å². The number of hydrogen-bond donors (Lipinski definition) is 1. The van der Waals surface area contributed by atoms with Gasteiger partial charge < -0.3 is 20.0 Å². The van der Waals surface area contributed by atoms with Gasteiger partial charge in [-0.3, -0.25) is 9.59 Å². The zero-order chi connectivity index (χ0) is 27.8. The molecule has 1 N–H and O–H groups in total. The van der Waals surface area contributed by atoms with Gasteiger partial charge in [0, 0.05) is 44.1 Å². The van der Waals surface area contributed by atoms with E-state index in [1.165, 1.54) is 26.8 Å². The zero-order valence-corrected chi connectivity index (χ0v) is 20.9. The highest BCUT2D eigenvalue weighted by Gasteiger charge is 2.42. The Morgan fingerprint density at radius 2 is 1.55 bits per heavy atom. The van der Waals surface area contributed by atoms with Gasteiger partial charge in [-0.15, -0.1) is 11.3 Å². The van der Waals surface area contributed by atoms with Crippen molar-refractivity contribution in [2.45, 2.75) is 37.3 Å². The van der Waals surface area contributed by atoms with Crippen LogP contribution in [0.3, 0.4) is 0 Å². The lowest BCUT2D eigenvalue weighted by Gasteiger charge is -2.27. The van der Waals surface area contributed by atoms with E-state index in [4.69, 9.17) is 0 Å². The highest BCUT2D eigenvalue weighted by atomic mass is 32.1. The molecule has 4 rings (SSSR count). The number of likely N-dealkylation sites (N-methyl/N-ethyl adjacent to an activating group) is 1. The predicted octanol–water partition coefficient (Wildman–Crippen LogP) is 4.45. The number of thiophene rings is 1. The maximum atomic E-state index is 13.1. The number of urea groups is 1. The first-order chi connectivity index (χ1) is 17.7. The Bertz CT molecular complexity index is 1200. The molecule has 2 aromatic rings. The van der Waals surface area contributed by atoms with Crippen molar-refractivity contribution in [3.63, 3.8) is 0 Å². The first kappa shape index (κ1) is 27.7. The summed E-state index contributed by atoms with van der Waals surface area (Å²) in [5, 5.41) is 1.90. The normalized spacial score (nSPS) is 20.1. The lowest BCUT2D eigenvalue weighted by Crippen LogP contribution is -2.47. The minimum Gasteiger partial charge on any atom is -0.344 e. The van der Waals surface area contributed by atoms with E-state index in [-0.39, 0.29) is 44.0 Å². The highest BCUT2D eigenvalue weighted by molar-refractivity contribution is 7.17. The molecular weight excluding hydrogens is 538 g/mol. The third kappa shape index (κ3) is 6.05. The second kappa shape index (κ2) is 10.5. The van der Waals surface area contributed by atoms with Gasteiger partial charge in [-0.25, -0.2) is 4.79 Å². The molecule has 2 aliphatic rings. The Balaban J connectivity index is 1.32. The van der Waals surface area contributed by atoms with E-state index in [2.05, 4.69) is 0 Å². The summed E-state index contributed by atoms with van der Waals surface area (Å²) in [5.41, 5.74) is -0.206. The molecule has 4 amide bonds. The summed E-state index contributed by atoms with van der Waals surface area (Å²) in [6.45, 7) is 0.782. The van der Waals surface area contributed by atoms with E-state index >= 15 is 0 Å². The van der Waals surface area contributed by atoms with Crippen molar-refractivity contribution in [1.82, 2.24) is 20.0 Å². The largest absolute Gasteiger partial charge is 0.471 e. The monoisotopic (exact) mass is 562 g/mol. The van der Waals surface area contributed by atoms with Crippen LogP contribution in [0.4, 0.5) is 31.1 Å². The lowest BCUT2D eigenvalue weighted by atomic mass is 10.1. The van der Waals surface area contributed by atoms with Crippen LogP contribution in [0.1, 0.15) is 28.1 Å². The van der Waals surface area contributed by atoms with Gasteiger partial charge in [0.05, 0.1) is 16.5 Å². The Morgan fingerprint density at radius 3 is 2.18 bits per heavy atom. The average molecular weight is 563 g/mol. The number of benzene rings is 1. The predicted molar refractivity (Wildman–Crippen MR) is 126 cm³/mol. The molecule has 0 bridgehead atoms. The van der Waals surface area contributed by atoms with Gasteiger partial charge in [-0.05, 0) is 42.7 Å². The van der Waals surface area contributed by atoms with E-state index in [0.717, 1.165) is 23.5 Å². The van der Waals surface area contributed by atoms with Crippen molar-refractivity contribution in [3.8, 4) is 10.4 Å². The smallest absolute Gasteiger partial charge is 0.344 e. The summed E-state index contributed by atoms with van der Waals surface area (Å²) in [4.78, 5) is 42.6. The van der Waals surface area contributed by atoms with Crippen molar-refractivity contribution in [1.29, 1.82) is 0 Å². The van der Waals surface area contributed by atoms with Gasteiger partial charge in [-0.1, -0.05) is 12.1 Å². The van der Waals surface area contributed by atoms with Gasteiger partial charge in [0.2, 0.25) is 0 Å². The van der Waals surface area contributed by atoms with Crippen LogP contribution in [0.2, 0.25) is 0 Å². The molecular formula is C24H24F6N4O3S. The summed E-state index contributed by atoms with van der Waals surface area (Å²) in [6, 6.07) is 6.51. The van der Waals surface area contributed by atoms with Crippen molar-refractivity contribution in [2.24, 2.45) is 0 Å². The lowest BCUT2D eigenvalue weighted by molar-refractivity contribution is -0.174. The molecule has 0 aliphatic carbocycles. The van der Waals surface area contributed by atoms with E-state index in [1.54, 1.807) is 19.2 Å². The third-order valence-corrected chi connectivity index (χ3v) is 7.79. The summed E-state index contributed by atoms with van der Waals surface area (Å²) in [7, 11) is 1.61. The molecule has 0 radical (unpaired) electrons. The molecule has 0 spiro atoms. The van der Waals surface area contributed by atoms with Crippen LogP contribution in [0, 0.1) is 0 Å². The van der Waals surface area contributed by atoms with Crippen LogP contribution in [0.25, 0.3) is 10.4 Å². The van der Waals surface area contributed by atoms with Gasteiger partial charge in [-0.2, -0.15) is 26.3 Å². The minimum absolute atomic E-state index is 0.0293. The third-order valence-electron chi connectivity index (χ3n) is 6.67. The molecule has 2 atom stereocenters. The Labute approximate surface area is 218 Å². The SMILES string of the molecule is CN(C(=O)c1ccc(-c2ccc(C(F)(F)F)cc2)s1)C1CCN(C(=O)N2CC[C@@H](NC(=O)C(F)(F)F)C2)C1. The fraction of sp³-hybridized carbons (Fsp3) is 0.458. The second-order valence-corrected chi connectivity index (χ2v) is 10.3. The maximum Gasteiger partial charge on any atom is 0.471 e. The first-order valence-corrected chi connectivity index (χ1v) is 12.5. The van der Waals surface area contributed by atoms with Crippen LogP contribution in [0.5, 0.6) is 0 Å². The number of nitrogens with zero attached hydrogens (tertiary/aromatic N) is 3. The van der Waals surface area contributed by atoms with Gasteiger partial charge >= 0.3 is 24.3 Å². The molecule has 2 aliphatic heterocycles. The number of likely N-dealkylation sites (tertiary alicyclic amines) is 2. The summed E-state index contributed by atoms with van der Waals surface area (Å²) >= 11 is 1.15. The van der Waals surface area contributed by atoms with Crippen LogP contribution in [-0.4, -0.2) is 84.0 Å². The van der Waals surface area contributed by atoms with Gasteiger partial charge in [0.15, 0.2) is 0 Å². The topological polar surface area (TPSA) is 73.0 Å². The molecule has 1 unspecified atom stereocenters. The van der Waals surface area contributed by atoms with Gasteiger partial charge in [0.25, 0.3) is 5.91 Å². The fourth-order valence-electron chi connectivity index (χ4n) is 4.52. The molecule has 2 saturated heterocycles. The van der Waals surface area contributed by atoms with E-state index in [0.29, 0.717) is 28.3 Å². The highest BCUT2D eigenvalue weighted by Crippen LogP contribution is 2.34. The number of halogens is 6. The summed E-state index contributed by atoms with van der Waals surface area (Å²) in [6.07, 6.45) is -8.71. The molecule has 14 heteroatoms. The first-order valence-electron chi connectivity index (χ1n) is 11.7. The van der Waals surface area contributed by atoms with Crippen molar-refractivity contribution in [2.75, 3.05) is 33.2 Å². The number of amides is 4. The Morgan fingerprint density at radius 1 is 0.921 bits per heavy atom. The van der Waals surface area contributed by atoms with Crippen LogP contribution in [0.15, 0.2) is 36.4 Å². The summed E-state index contributed by atoms with van der Waals surface area (Å²) < 4.78 is 75.9. The average Bonchev–Trinajstić information content (AvgIpc) is 3.62. The van der Waals surface area contributed by atoms with Crippen molar-refractivity contribution in [3.05, 3.63) is 46.8 Å². The number of nitrogens with one attached hydrogen (secondary N) is 1. The second-order valence-electron chi connectivity index (χ2n) is 9.23. The number of rotatable bonds is 4. The molecule has 38 heavy (non-hydrogen) atoms. The molecule has 7 nitrogen and oxygen atoms in total. The number of alkyl halides is 6. The van der Waals surface area contributed by atoms with E-state index in [1.807, 2.05) is 5.32 Å². The number of carbonyl (C=O) groups is 3. The van der Waals surface area contributed by atoms with Crippen LogP contribution < -0.4 is 5.32 Å². The quantitative estimate of drug-likeness (QED) is 0.560. The number of carbonyl (C=O) groups excluding carboxylic acids is 3. The van der Waals surface area contributed by atoms with Crippen LogP contribution >= 0.6 is 11.3 Å². The molecule has 0 saturated carbocycles. The zero-order valence-electron chi connectivity index (χ0n) is 20.1. The van der Waals surface area contributed by atoms with Crippen LogP contribution in [-0.2, 0) is 11.0 Å². The minimum atomic E-state index is -4.99. The van der Waals surface area contributed by atoms with E-state index in [9.17, 15) is 40.7 Å². The number of hydrogen-bond acceptors (Lipinski definition) is 4. The fourth-order valence-corrected chi connectivity index (χ4v) is 5.52. The molecule has 1 aromatic carbocycles. The molecule has 3 heterocycles. The summed E-state index contributed by atoms with van der Waals surface area (Å²) in [5.74, 6) is -2.32. The maximum absolute atomic E-state index is 13.1. The standard InChI is InChI=1S/C24H24F6N4O3S/c1-32(20(35)19-7-6-18(38-19)14-2-4-15(5-3-14)23(25,26)27)17-9-11-34(13-17)22(37)33-10-8-16(12-33)31-21(36)24(28,29)30/h2-7,16-17H,8-13H2,1H3,(H,31,36)/t16-,17?/m1/s1. The molecule has 1 aromatic heterocycles. The molecule has 206 valence electrons.